The van der Waals surface area contributed by atoms with E-state index >= 15 is 0 Å². The van der Waals surface area contributed by atoms with Gasteiger partial charge in [-0.2, -0.15) is 0 Å². The minimum Gasteiger partial charge on any atom is -0.462 e. The summed E-state index contributed by atoms with van der Waals surface area (Å²) in [4.78, 5) is 135. The van der Waals surface area contributed by atoms with Gasteiger partial charge in [-0.05, 0) is 172 Å². The maximum Gasteiger partial charge on any atom is 0.357 e. The molecule has 3 aliphatic rings. The number of pyridine rings is 3. The zero-order chi connectivity index (χ0) is 80.2. The van der Waals surface area contributed by atoms with Crippen LogP contribution in [-0.2, 0) is 29.1 Å². The fraction of sp³-hybridized carbons (Fsp3) is 0.367. The largest absolute Gasteiger partial charge is 0.462 e. The number of benzene rings is 6. The molecule has 6 aromatic carbocycles. The molecule has 0 spiro atoms. The third-order valence-corrected chi connectivity index (χ3v) is 21.5. The number of aryl methyl sites for hydroxylation is 1. The van der Waals surface area contributed by atoms with Crippen molar-refractivity contribution in [3.63, 3.8) is 0 Å². The van der Waals surface area contributed by atoms with Gasteiger partial charge in [-0.1, -0.05) is 99.4 Å². The SMILES string of the molecule is CCOC(=O)c1c(N2CCN(C(=O)c3ccc(Cl)c(Cl)c3)CC2)c2cc(Cl)ccc2n(CCN(C)C)c1=O.CCOC(=O)c1c(N2CCN(C(=O)c3ccc(Cl)cc3)CC2)c2cc(Cl)ccc2n(CCN(C)C)c1=O.CN(C)CCCn1c(=O)c([N+](=O)[O-])c(N2CCN(C(=O)c3ccc(Cl)c(Cl)c3)CC2)c2ccccc21. The maximum absolute atomic E-state index is 13.8. The lowest BCUT2D eigenvalue weighted by Crippen LogP contribution is -2.50. The van der Waals surface area contributed by atoms with E-state index in [4.69, 9.17) is 90.7 Å². The van der Waals surface area contributed by atoms with Crippen LogP contribution in [-0.4, -0.2) is 231 Å². The summed E-state index contributed by atoms with van der Waals surface area (Å²) in [6.07, 6.45) is 0.683. The molecule has 0 bridgehead atoms. The fourth-order valence-corrected chi connectivity index (χ4v) is 14.8. The first kappa shape index (κ1) is 84.5. The van der Waals surface area contributed by atoms with Crippen LogP contribution in [0.5, 0.6) is 0 Å². The van der Waals surface area contributed by atoms with Gasteiger partial charge in [0, 0.05) is 159 Å². The molecule has 0 unspecified atom stereocenters. The van der Waals surface area contributed by atoms with E-state index in [-0.39, 0.29) is 42.1 Å². The minimum atomic E-state index is -0.678. The van der Waals surface area contributed by atoms with Crippen LogP contribution in [0.25, 0.3) is 32.7 Å². The van der Waals surface area contributed by atoms with Gasteiger partial charge in [0.25, 0.3) is 28.8 Å². The molecule has 0 aliphatic carbocycles. The van der Waals surface area contributed by atoms with Crippen LogP contribution in [0.4, 0.5) is 22.7 Å². The number of aromatic nitrogens is 3. The Bertz CT molecular complexity index is 5170. The van der Waals surface area contributed by atoms with Gasteiger partial charge in [0.1, 0.15) is 16.8 Å². The molecule has 3 fully saturated rings. The lowest BCUT2D eigenvalue weighted by atomic mass is 10.1. The van der Waals surface area contributed by atoms with Crippen molar-refractivity contribution >= 4 is 166 Å². The highest BCUT2D eigenvalue weighted by atomic mass is 35.5. The summed E-state index contributed by atoms with van der Waals surface area (Å²) in [5.74, 6) is -1.79. The fourth-order valence-electron chi connectivity index (χ4n) is 13.7. The first-order valence-corrected chi connectivity index (χ1v) is 38.7. The topological polar surface area (TPSA) is 242 Å². The number of ether oxygens (including phenoxy) is 2. The van der Waals surface area contributed by atoms with Gasteiger partial charge in [0.15, 0.2) is 0 Å². The summed E-state index contributed by atoms with van der Waals surface area (Å²) in [7, 11) is 11.6. The molecule has 3 amide bonds. The number of rotatable bonds is 21. The normalized spacial score (nSPS) is 13.9. The molecule has 12 rings (SSSR count). The van der Waals surface area contributed by atoms with Gasteiger partial charge in [-0.25, -0.2) is 9.59 Å². The lowest BCUT2D eigenvalue weighted by molar-refractivity contribution is -0.385. The average Bonchev–Trinajstić information content (AvgIpc) is 0.797. The van der Waals surface area contributed by atoms with E-state index in [9.17, 15) is 48.5 Å². The number of carbonyl (C=O) groups excluding carboxylic acids is 5. The molecule has 0 N–H and O–H groups in total. The highest BCUT2D eigenvalue weighted by molar-refractivity contribution is 6.43. The number of para-hydroxylation sites is 1. The van der Waals surface area contributed by atoms with Crippen LogP contribution in [0.2, 0.25) is 35.2 Å². The van der Waals surface area contributed by atoms with Gasteiger partial charge in [0.05, 0.1) is 66.2 Å². The molecule has 3 aromatic heterocycles. The van der Waals surface area contributed by atoms with Crippen molar-refractivity contribution in [1.29, 1.82) is 0 Å². The smallest absolute Gasteiger partial charge is 0.357 e. The number of amides is 3. The quantitative estimate of drug-likeness (QED) is 0.0369. The van der Waals surface area contributed by atoms with E-state index < -0.39 is 39.2 Å². The third-order valence-electron chi connectivity index (χ3n) is 19.3. The lowest BCUT2D eigenvalue weighted by Gasteiger charge is -2.37. The second-order valence-electron chi connectivity index (χ2n) is 27.4. The van der Waals surface area contributed by atoms with Crippen LogP contribution in [0.15, 0.2) is 136 Å². The molecule has 0 saturated carbocycles. The van der Waals surface area contributed by atoms with Gasteiger partial charge >= 0.3 is 23.2 Å². The molecule has 9 aromatic rings. The predicted molar refractivity (Wildman–Crippen MR) is 442 cm³/mol. The zero-order valence-electron chi connectivity index (χ0n) is 62.8. The number of nitrogens with zero attached hydrogens (tertiary/aromatic N) is 13. The number of carbonyl (C=O) groups is 5. The Hall–Kier alpha value is -8.99. The molecule has 588 valence electrons. The number of halogens is 7. The van der Waals surface area contributed by atoms with Crippen molar-refractivity contribution in [2.75, 3.05) is 168 Å². The van der Waals surface area contributed by atoms with Gasteiger partial charge in [0.2, 0.25) is 0 Å². The zero-order valence-corrected chi connectivity index (χ0v) is 68.0. The highest BCUT2D eigenvalue weighted by Crippen LogP contribution is 2.38. The van der Waals surface area contributed by atoms with E-state index in [1.165, 1.54) is 10.6 Å². The standard InChI is InChI=1S/C27H29Cl3N4O4.C27H30Cl2N4O4.C25H27Cl2N5O4/c1-4-38-27(37)23-24(19-16-18(28)6-8-22(19)34(26(23)36)14-9-31(2)3)32-10-12-33(13-11-32)25(35)17-5-7-20(29)21(30)15-17;1-4-37-27(36)23-24(21-17-20(29)9-10-22(21)33(26(23)35)16-11-30(2)3)31-12-14-32(15-13-31)25(34)18-5-7-19(28)8-6-18;1-28(2)10-5-11-31-21-7-4-3-6-18(21)22(23(25(31)34)32(35)36)29-12-14-30(15-13-29)24(33)17-8-9-19(26)20(27)16-17/h5-8,15-16H,4,9-14H2,1-3H3;5-10,17H,4,11-16H2,1-3H3;3-4,6-9,16H,5,10-15H2,1-2H3. The van der Waals surface area contributed by atoms with Crippen LogP contribution < -0.4 is 31.4 Å². The molecular weight excluding hydrogens is 1570 g/mol. The first-order chi connectivity index (χ1) is 53.0. The second kappa shape index (κ2) is 38.0. The van der Waals surface area contributed by atoms with E-state index in [1.54, 1.807) is 123 Å². The Kier molecular flexibility index (Phi) is 28.9. The first-order valence-electron chi connectivity index (χ1n) is 36.1. The number of esters is 2. The highest BCUT2D eigenvalue weighted by Gasteiger charge is 2.36. The van der Waals surface area contributed by atoms with Crippen LogP contribution in [0, 0.1) is 10.1 Å². The Morgan fingerprint density at radius 1 is 0.405 bits per heavy atom. The Morgan fingerprint density at radius 2 is 0.766 bits per heavy atom. The summed E-state index contributed by atoms with van der Waals surface area (Å²) < 4.78 is 15.4. The monoisotopic (exact) mass is 1650 g/mol. The summed E-state index contributed by atoms with van der Waals surface area (Å²) in [5, 5.41) is 17.1. The van der Waals surface area contributed by atoms with Crippen molar-refractivity contribution in [2.45, 2.75) is 39.9 Å². The summed E-state index contributed by atoms with van der Waals surface area (Å²) in [5.41, 5.74) is 2.88. The van der Waals surface area contributed by atoms with E-state index in [1.807, 2.05) is 102 Å². The van der Waals surface area contributed by atoms with E-state index in [0.29, 0.717) is 219 Å². The van der Waals surface area contributed by atoms with Crippen LogP contribution in [0.1, 0.15) is 72.1 Å². The number of likely N-dealkylation sites (N-methyl/N-ethyl adjacent to an activating group) is 2. The van der Waals surface area contributed by atoms with Crippen molar-refractivity contribution in [3.8, 4) is 0 Å². The Morgan fingerprint density at radius 3 is 1.15 bits per heavy atom. The third kappa shape index (κ3) is 19.7. The van der Waals surface area contributed by atoms with Gasteiger partial charge < -0.3 is 67.3 Å². The Labute approximate surface area is 677 Å². The predicted octanol–water partition coefficient (Wildman–Crippen LogP) is 12.8. The number of fused-ring (bicyclic) bond motifs is 3. The van der Waals surface area contributed by atoms with E-state index in [0.717, 1.165) is 6.54 Å². The molecule has 32 heteroatoms. The number of piperazine rings is 3. The van der Waals surface area contributed by atoms with Crippen molar-refractivity contribution in [2.24, 2.45) is 0 Å². The van der Waals surface area contributed by atoms with Gasteiger partial charge in [-0.15, -0.1) is 0 Å². The minimum absolute atomic E-state index is 0.00662. The molecule has 0 radical (unpaired) electrons. The van der Waals surface area contributed by atoms with Gasteiger partial charge in [-0.3, -0.25) is 38.9 Å². The van der Waals surface area contributed by atoms with Crippen molar-refractivity contribution < 1.29 is 38.4 Å². The molecule has 0 atom stereocenters. The number of hydrogen-bond acceptors (Lipinski definition) is 18. The number of anilines is 3. The Balaban J connectivity index is 0.000000177. The molecule has 3 saturated heterocycles. The van der Waals surface area contributed by atoms with Crippen molar-refractivity contribution in [3.05, 3.63) is 225 Å². The number of hydrogen-bond donors (Lipinski definition) is 0. The molecule has 3 aliphatic heterocycles. The van der Waals surface area contributed by atoms with Crippen molar-refractivity contribution in [1.82, 2.24) is 43.1 Å². The summed E-state index contributed by atoms with van der Waals surface area (Å²) >= 11 is 42.9. The molecule has 111 heavy (non-hydrogen) atoms. The maximum atomic E-state index is 13.8. The van der Waals surface area contributed by atoms with Crippen LogP contribution in [0.3, 0.4) is 0 Å². The summed E-state index contributed by atoms with van der Waals surface area (Å²) in [6, 6.07) is 34.3. The second-order valence-corrected chi connectivity index (χ2v) is 30.4. The summed E-state index contributed by atoms with van der Waals surface area (Å²) in [6.45, 7) is 11.5. The average molecular weight is 1660 g/mol. The van der Waals surface area contributed by atoms with E-state index in [2.05, 4.69) is 0 Å². The molecule has 6 heterocycles. The molecular formula is C79H86Cl7N13O12. The number of nitro groups is 1. The molecule has 25 nitrogen and oxygen atoms in total. The van der Waals surface area contributed by atoms with Crippen LogP contribution >= 0.6 is 81.2 Å².